The molecule has 33 heavy (non-hydrogen) atoms. The lowest BCUT2D eigenvalue weighted by Gasteiger charge is -2.40. The Morgan fingerprint density at radius 3 is 2.76 bits per heavy atom. The molecule has 0 aromatic carbocycles. The number of carbonyl (C=O) groups excluding carboxylic acids is 1. The number of nitrogens with one attached hydrogen (secondary N) is 1. The van der Waals surface area contributed by atoms with E-state index in [4.69, 9.17) is 0 Å². The molecule has 1 N–H and O–H groups in total. The molecule has 2 aliphatic heterocycles. The fourth-order valence-corrected chi connectivity index (χ4v) is 7.16. The zero-order chi connectivity index (χ0) is 22.5. The van der Waals surface area contributed by atoms with Gasteiger partial charge in [-0.2, -0.15) is 0 Å². The van der Waals surface area contributed by atoms with Crippen LogP contribution in [0.4, 0.5) is 10.7 Å². The van der Waals surface area contributed by atoms with Crippen LogP contribution in [0.5, 0.6) is 0 Å². The Morgan fingerprint density at radius 2 is 1.91 bits per heavy atom. The van der Waals surface area contributed by atoms with Gasteiger partial charge in [-0.15, -0.1) is 23.1 Å². The highest BCUT2D eigenvalue weighted by molar-refractivity contribution is 7.99. The molecular formula is C25H35N5OS2. The highest BCUT2D eigenvalue weighted by Gasteiger charge is 2.25. The van der Waals surface area contributed by atoms with Gasteiger partial charge in [0.2, 0.25) is 0 Å². The van der Waals surface area contributed by atoms with E-state index in [1.165, 1.54) is 58.3 Å². The number of aromatic nitrogens is 1. The first-order valence-corrected chi connectivity index (χ1v) is 14.3. The molecule has 0 unspecified atom stereocenters. The van der Waals surface area contributed by atoms with Crippen molar-refractivity contribution in [1.29, 1.82) is 0 Å². The van der Waals surface area contributed by atoms with Crippen LogP contribution in [-0.2, 0) is 0 Å². The Balaban J connectivity index is 1.04. The van der Waals surface area contributed by atoms with Crippen molar-refractivity contribution in [3.8, 4) is 0 Å². The van der Waals surface area contributed by atoms with Crippen LogP contribution < -0.4 is 10.2 Å². The van der Waals surface area contributed by atoms with E-state index in [-0.39, 0.29) is 5.91 Å². The molecular weight excluding hydrogens is 450 g/mol. The largest absolute Gasteiger partial charge is 0.351 e. The summed E-state index contributed by atoms with van der Waals surface area (Å²) in [6.45, 7) is 7.52. The predicted octanol–water partition coefficient (Wildman–Crippen LogP) is 4.46. The summed E-state index contributed by atoms with van der Waals surface area (Å²) in [5.41, 5.74) is 1.14. The van der Waals surface area contributed by atoms with Crippen molar-refractivity contribution in [3.63, 3.8) is 0 Å². The molecule has 0 bridgehead atoms. The number of hydrogen-bond acceptors (Lipinski definition) is 7. The summed E-state index contributed by atoms with van der Waals surface area (Å²) in [6.07, 6.45) is 9.91. The van der Waals surface area contributed by atoms with E-state index >= 15 is 0 Å². The monoisotopic (exact) mass is 485 g/mol. The lowest BCUT2D eigenvalue weighted by molar-refractivity contribution is 0.0779. The summed E-state index contributed by atoms with van der Waals surface area (Å²) in [5.74, 6) is 1.06. The number of hydrogen-bond donors (Lipinski definition) is 1. The van der Waals surface area contributed by atoms with Gasteiger partial charge in [0, 0.05) is 57.3 Å². The minimum Gasteiger partial charge on any atom is -0.351 e. The van der Waals surface area contributed by atoms with E-state index in [1.807, 2.05) is 18.3 Å². The zero-order valence-electron chi connectivity index (χ0n) is 19.4. The molecule has 1 saturated carbocycles. The molecule has 2 fully saturated rings. The zero-order valence-corrected chi connectivity index (χ0v) is 21.0. The van der Waals surface area contributed by atoms with Gasteiger partial charge >= 0.3 is 0 Å². The van der Waals surface area contributed by atoms with Crippen LogP contribution in [0.3, 0.4) is 0 Å². The van der Waals surface area contributed by atoms with Gasteiger partial charge in [-0.1, -0.05) is 19.3 Å². The minimum atomic E-state index is 0.0474. The normalized spacial score (nSPS) is 20.5. The third-order valence-corrected chi connectivity index (χ3v) is 9.19. The molecule has 2 aromatic rings. The van der Waals surface area contributed by atoms with Crippen molar-refractivity contribution in [3.05, 3.63) is 35.3 Å². The molecule has 1 amide bonds. The lowest BCUT2D eigenvalue weighted by Crippen LogP contribution is -2.51. The summed E-state index contributed by atoms with van der Waals surface area (Å²) >= 11 is 3.37. The van der Waals surface area contributed by atoms with Crippen molar-refractivity contribution in [2.24, 2.45) is 0 Å². The van der Waals surface area contributed by atoms with E-state index in [2.05, 4.69) is 37.1 Å². The van der Waals surface area contributed by atoms with E-state index < -0.39 is 0 Å². The fourth-order valence-electron chi connectivity index (χ4n) is 5.27. The predicted molar refractivity (Wildman–Crippen MR) is 138 cm³/mol. The molecule has 8 heteroatoms. The van der Waals surface area contributed by atoms with Crippen LogP contribution in [0, 0.1) is 0 Å². The van der Waals surface area contributed by atoms with E-state index in [0.717, 1.165) is 58.4 Å². The number of piperazine rings is 1. The van der Waals surface area contributed by atoms with E-state index in [0.29, 0.717) is 0 Å². The van der Waals surface area contributed by atoms with Gasteiger partial charge in [0.25, 0.3) is 5.91 Å². The van der Waals surface area contributed by atoms with Crippen LogP contribution in [-0.4, -0.2) is 78.3 Å². The summed E-state index contributed by atoms with van der Waals surface area (Å²) in [5, 5.41) is 5.32. The Bertz CT molecular complexity index is 921. The van der Waals surface area contributed by atoms with Crippen LogP contribution in [0.2, 0.25) is 0 Å². The number of pyridine rings is 1. The fraction of sp³-hybridized carbons (Fsp3) is 0.600. The standard InChI is InChI=1S/C25H35N5OS2/c31-24(22-9-10-23(33-22)30-18-19-32-25-21(30)8-4-11-27-25)26-12-5-13-28-14-16-29(17-15-28)20-6-2-1-3-7-20/h4,8-11,20H,1-3,5-7,12-19H2,(H,26,31). The summed E-state index contributed by atoms with van der Waals surface area (Å²) in [4.78, 5) is 25.6. The molecule has 178 valence electrons. The highest BCUT2D eigenvalue weighted by Crippen LogP contribution is 2.40. The molecule has 0 spiro atoms. The molecule has 5 rings (SSSR count). The first-order valence-electron chi connectivity index (χ1n) is 12.5. The second-order valence-electron chi connectivity index (χ2n) is 9.24. The average molecular weight is 486 g/mol. The Morgan fingerprint density at radius 1 is 1.06 bits per heavy atom. The first kappa shape index (κ1) is 23.1. The number of amides is 1. The lowest BCUT2D eigenvalue weighted by atomic mass is 9.94. The van der Waals surface area contributed by atoms with Crippen LogP contribution in [0.1, 0.15) is 48.2 Å². The number of thiophene rings is 1. The smallest absolute Gasteiger partial charge is 0.261 e. The van der Waals surface area contributed by atoms with Crippen molar-refractivity contribution in [2.75, 3.05) is 56.5 Å². The molecule has 1 saturated heterocycles. The number of carbonyl (C=O) groups is 1. The Hall–Kier alpha value is -1.61. The molecule has 0 atom stereocenters. The van der Waals surface area contributed by atoms with Gasteiger partial charge in [0.05, 0.1) is 15.6 Å². The number of rotatable bonds is 7. The van der Waals surface area contributed by atoms with Gasteiger partial charge < -0.3 is 15.1 Å². The molecule has 2 aromatic heterocycles. The second-order valence-corrected chi connectivity index (χ2v) is 11.4. The SMILES string of the molecule is O=C(NCCCN1CCN(C2CCCCC2)CC1)c1ccc(N2CCSc3ncccc32)s1. The van der Waals surface area contributed by atoms with Gasteiger partial charge in [-0.05, 0) is 50.1 Å². The number of thioether (sulfide) groups is 1. The molecule has 6 nitrogen and oxygen atoms in total. The highest BCUT2D eigenvalue weighted by atomic mass is 32.2. The van der Waals surface area contributed by atoms with Crippen molar-refractivity contribution in [2.45, 2.75) is 49.6 Å². The third-order valence-electron chi connectivity index (χ3n) is 7.11. The molecule has 1 aliphatic carbocycles. The van der Waals surface area contributed by atoms with Crippen LogP contribution >= 0.6 is 23.1 Å². The Labute approximate surface area is 205 Å². The Kier molecular flexibility index (Phi) is 7.86. The van der Waals surface area contributed by atoms with E-state index in [1.54, 1.807) is 23.1 Å². The maximum absolute atomic E-state index is 12.7. The topological polar surface area (TPSA) is 51.7 Å². The maximum atomic E-state index is 12.7. The molecule has 3 aliphatic rings. The number of fused-ring (bicyclic) bond motifs is 1. The number of nitrogens with zero attached hydrogens (tertiary/aromatic N) is 4. The molecule has 0 radical (unpaired) electrons. The van der Waals surface area contributed by atoms with Crippen LogP contribution in [0.15, 0.2) is 35.5 Å². The number of anilines is 2. The van der Waals surface area contributed by atoms with Gasteiger partial charge in [0.1, 0.15) is 5.03 Å². The quantitative estimate of drug-likeness (QED) is 0.585. The maximum Gasteiger partial charge on any atom is 0.261 e. The summed E-state index contributed by atoms with van der Waals surface area (Å²) < 4.78 is 0. The second kappa shape index (κ2) is 11.2. The van der Waals surface area contributed by atoms with Crippen molar-refractivity contribution < 1.29 is 4.79 Å². The first-order chi connectivity index (χ1) is 16.3. The average Bonchev–Trinajstić information content (AvgIpc) is 3.37. The van der Waals surface area contributed by atoms with Crippen molar-refractivity contribution in [1.82, 2.24) is 20.1 Å². The third kappa shape index (κ3) is 5.73. The van der Waals surface area contributed by atoms with E-state index in [9.17, 15) is 4.79 Å². The summed E-state index contributed by atoms with van der Waals surface area (Å²) in [6, 6.07) is 8.96. The van der Waals surface area contributed by atoms with Gasteiger partial charge in [0.15, 0.2) is 0 Å². The van der Waals surface area contributed by atoms with Gasteiger partial charge in [-0.3, -0.25) is 9.69 Å². The van der Waals surface area contributed by atoms with Crippen molar-refractivity contribution >= 4 is 39.7 Å². The van der Waals surface area contributed by atoms with Crippen LogP contribution in [0.25, 0.3) is 0 Å². The minimum absolute atomic E-state index is 0.0474. The summed E-state index contributed by atoms with van der Waals surface area (Å²) in [7, 11) is 0. The molecule has 4 heterocycles. The van der Waals surface area contributed by atoms with Gasteiger partial charge in [-0.25, -0.2) is 4.98 Å².